The summed E-state index contributed by atoms with van der Waals surface area (Å²) >= 11 is 0. The summed E-state index contributed by atoms with van der Waals surface area (Å²) in [5.74, 6) is 0. The highest BCUT2D eigenvalue weighted by Gasteiger charge is 2.14. The fourth-order valence-electron chi connectivity index (χ4n) is 1.85. The molecule has 0 saturated carbocycles. The first-order chi connectivity index (χ1) is 8.86. The zero-order valence-corrected chi connectivity index (χ0v) is 10.4. The topological polar surface area (TPSA) is 67.4 Å². The predicted molar refractivity (Wildman–Crippen MR) is 67.5 cm³/mol. The van der Waals surface area contributed by atoms with Gasteiger partial charge in [0.2, 0.25) is 0 Å². The molecule has 0 bridgehead atoms. The Morgan fingerprint density at radius 1 is 1.39 bits per heavy atom. The molecule has 0 aromatic carbocycles. The molecule has 2 aromatic rings. The lowest BCUT2D eigenvalue weighted by Crippen LogP contribution is -2.03. The lowest BCUT2D eigenvalue weighted by Gasteiger charge is -2.05. The molecule has 0 amide bonds. The number of aromatic nitrogens is 4. The number of aryl methyl sites for hydroxylation is 1. The Morgan fingerprint density at radius 2 is 2.28 bits per heavy atom. The third-order valence-corrected chi connectivity index (χ3v) is 2.75. The van der Waals surface area contributed by atoms with E-state index in [1.807, 2.05) is 12.1 Å². The first-order valence-electron chi connectivity index (χ1n) is 6.10. The average Bonchev–Trinajstić information content (AvgIpc) is 2.83. The molecule has 0 aliphatic heterocycles. The van der Waals surface area contributed by atoms with Crippen LogP contribution in [-0.2, 0) is 6.54 Å². The monoisotopic (exact) mass is 241 g/mol. The van der Waals surface area contributed by atoms with E-state index in [-0.39, 0.29) is 0 Å². The van der Waals surface area contributed by atoms with Crippen LogP contribution in [0.3, 0.4) is 0 Å². The van der Waals surface area contributed by atoms with Crippen molar-refractivity contribution in [2.75, 3.05) is 0 Å². The molecular weight excluding hydrogens is 226 g/mol. The average molecular weight is 241 g/mol. The molecule has 2 rings (SSSR count). The third-order valence-electron chi connectivity index (χ3n) is 2.75. The van der Waals surface area contributed by atoms with Gasteiger partial charge in [-0.05, 0) is 18.6 Å². The second-order valence-electron chi connectivity index (χ2n) is 4.07. The van der Waals surface area contributed by atoms with Crippen molar-refractivity contribution in [3.05, 3.63) is 30.2 Å². The van der Waals surface area contributed by atoms with Crippen LogP contribution in [0.2, 0.25) is 0 Å². The second kappa shape index (κ2) is 5.92. The van der Waals surface area contributed by atoms with Crippen LogP contribution >= 0.6 is 0 Å². The number of nitrogens with zero attached hydrogens (tertiary/aromatic N) is 5. The van der Waals surface area contributed by atoms with Crippen molar-refractivity contribution in [1.82, 2.24) is 20.0 Å². The van der Waals surface area contributed by atoms with Crippen molar-refractivity contribution in [3.8, 4) is 17.3 Å². The maximum absolute atomic E-state index is 9.08. The maximum Gasteiger partial charge on any atom is 0.190 e. The molecule has 0 radical (unpaired) electrons. The minimum absolute atomic E-state index is 0.361. The van der Waals surface area contributed by atoms with Crippen LogP contribution in [0.25, 0.3) is 11.3 Å². The summed E-state index contributed by atoms with van der Waals surface area (Å²) in [5.41, 5.74) is 2.01. The van der Waals surface area contributed by atoms with E-state index < -0.39 is 0 Å². The second-order valence-corrected chi connectivity index (χ2v) is 4.07. The van der Waals surface area contributed by atoms with Crippen LogP contribution in [0.1, 0.15) is 31.9 Å². The third kappa shape index (κ3) is 2.54. The van der Waals surface area contributed by atoms with Gasteiger partial charge in [0.25, 0.3) is 0 Å². The molecule has 18 heavy (non-hydrogen) atoms. The highest BCUT2D eigenvalue weighted by atomic mass is 15.4. The molecule has 0 atom stereocenters. The van der Waals surface area contributed by atoms with Crippen LogP contribution in [0, 0.1) is 11.3 Å². The molecule has 0 aliphatic rings. The Balaban J connectivity index is 2.32. The summed E-state index contributed by atoms with van der Waals surface area (Å²) in [6.07, 6.45) is 6.78. The molecule has 92 valence electrons. The van der Waals surface area contributed by atoms with Gasteiger partial charge in [-0.2, -0.15) is 5.26 Å². The Kier molecular flexibility index (Phi) is 4.02. The van der Waals surface area contributed by atoms with E-state index in [9.17, 15) is 0 Å². The van der Waals surface area contributed by atoms with E-state index in [0.717, 1.165) is 37.1 Å². The number of hydrogen-bond acceptors (Lipinski definition) is 4. The van der Waals surface area contributed by atoms with E-state index in [2.05, 4.69) is 28.3 Å². The van der Waals surface area contributed by atoms with Crippen molar-refractivity contribution in [1.29, 1.82) is 5.26 Å². The molecule has 5 nitrogen and oxygen atoms in total. The molecule has 0 N–H and O–H groups in total. The minimum atomic E-state index is 0.361. The Bertz CT molecular complexity index is 538. The van der Waals surface area contributed by atoms with Crippen LogP contribution < -0.4 is 0 Å². The van der Waals surface area contributed by atoms with Crippen molar-refractivity contribution >= 4 is 0 Å². The summed E-state index contributed by atoms with van der Waals surface area (Å²) in [6.45, 7) is 2.94. The summed E-state index contributed by atoms with van der Waals surface area (Å²) < 4.78 is 1.80. The Labute approximate surface area is 106 Å². The van der Waals surface area contributed by atoms with Crippen molar-refractivity contribution in [2.45, 2.75) is 32.7 Å². The normalized spacial score (nSPS) is 10.2. The van der Waals surface area contributed by atoms with Crippen molar-refractivity contribution < 1.29 is 0 Å². The van der Waals surface area contributed by atoms with E-state index in [0.29, 0.717) is 5.69 Å². The van der Waals surface area contributed by atoms with E-state index >= 15 is 0 Å². The quantitative estimate of drug-likeness (QED) is 0.754. The molecule has 5 heteroatoms. The summed E-state index contributed by atoms with van der Waals surface area (Å²) in [5, 5.41) is 17.0. The van der Waals surface area contributed by atoms with Gasteiger partial charge in [0.15, 0.2) is 5.69 Å². The Hall–Kier alpha value is -2.22. The van der Waals surface area contributed by atoms with Gasteiger partial charge in [-0.15, -0.1) is 5.10 Å². The molecule has 2 heterocycles. The van der Waals surface area contributed by atoms with Crippen molar-refractivity contribution in [3.63, 3.8) is 0 Å². The molecular formula is C13H15N5. The molecule has 2 aromatic heterocycles. The Morgan fingerprint density at radius 3 is 2.94 bits per heavy atom. The first kappa shape index (κ1) is 12.2. The number of rotatable bonds is 5. The van der Waals surface area contributed by atoms with Crippen molar-refractivity contribution in [2.24, 2.45) is 0 Å². The molecule has 0 spiro atoms. The minimum Gasteiger partial charge on any atom is -0.264 e. The van der Waals surface area contributed by atoms with Gasteiger partial charge in [0.05, 0.1) is 0 Å². The lowest BCUT2D eigenvalue weighted by atomic mass is 10.1. The fraction of sp³-hybridized carbons (Fsp3) is 0.385. The molecule has 0 saturated heterocycles. The first-order valence-corrected chi connectivity index (χ1v) is 6.10. The lowest BCUT2D eigenvalue weighted by molar-refractivity contribution is 0.541. The molecule has 0 fully saturated rings. The number of unbranched alkanes of at least 4 members (excludes halogenated alkanes) is 2. The fourth-order valence-corrected chi connectivity index (χ4v) is 1.85. The highest BCUT2D eigenvalue weighted by Crippen LogP contribution is 2.21. The zero-order valence-electron chi connectivity index (χ0n) is 10.4. The van der Waals surface area contributed by atoms with E-state index in [1.165, 1.54) is 0 Å². The van der Waals surface area contributed by atoms with Gasteiger partial charge >= 0.3 is 0 Å². The molecule has 0 aliphatic carbocycles. The highest BCUT2D eigenvalue weighted by molar-refractivity contribution is 5.63. The number of pyridine rings is 1. The van der Waals surface area contributed by atoms with Gasteiger partial charge in [0.1, 0.15) is 11.8 Å². The largest absolute Gasteiger partial charge is 0.264 e. The maximum atomic E-state index is 9.08. The van der Waals surface area contributed by atoms with Crippen LogP contribution in [0.15, 0.2) is 24.5 Å². The van der Waals surface area contributed by atoms with Gasteiger partial charge in [-0.1, -0.05) is 25.0 Å². The van der Waals surface area contributed by atoms with Crippen LogP contribution in [-0.4, -0.2) is 20.0 Å². The van der Waals surface area contributed by atoms with Crippen LogP contribution in [0.5, 0.6) is 0 Å². The summed E-state index contributed by atoms with van der Waals surface area (Å²) in [4.78, 5) is 4.08. The van der Waals surface area contributed by atoms with Gasteiger partial charge in [-0.3, -0.25) is 4.98 Å². The zero-order chi connectivity index (χ0) is 12.8. The van der Waals surface area contributed by atoms with Gasteiger partial charge < -0.3 is 0 Å². The van der Waals surface area contributed by atoms with Gasteiger partial charge in [-0.25, -0.2) is 4.68 Å². The standard InChI is InChI=1S/C13H15N5/c1-2-3-4-8-18-13(12(9-14)16-17-18)11-6-5-7-15-10-11/h5-7,10H,2-4,8H2,1H3. The summed E-state index contributed by atoms with van der Waals surface area (Å²) in [6, 6.07) is 5.85. The number of hydrogen-bond donors (Lipinski definition) is 0. The van der Waals surface area contributed by atoms with E-state index in [1.54, 1.807) is 17.1 Å². The summed E-state index contributed by atoms with van der Waals surface area (Å²) in [7, 11) is 0. The van der Waals surface area contributed by atoms with E-state index in [4.69, 9.17) is 5.26 Å². The molecule has 0 unspecified atom stereocenters. The number of nitriles is 1. The van der Waals surface area contributed by atoms with Crippen LogP contribution in [0.4, 0.5) is 0 Å². The smallest absolute Gasteiger partial charge is 0.190 e. The predicted octanol–water partition coefficient (Wildman–Crippen LogP) is 2.40. The SMILES string of the molecule is CCCCCn1nnc(C#N)c1-c1cccnc1. The van der Waals surface area contributed by atoms with Gasteiger partial charge in [0, 0.05) is 24.5 Å².